The molecular weight excluding hydrogens is 284 g/mol. The highest BCUT2D eigenvalue weighted by atomic mass is 16.3. The van der Waals surface area contributed by atoms with Crippen LogP contribution in [0.2, 0.25) is 0 Å². The lowest BCUT2D eigenvalue weighted by molar-refractivity contribution is 0.00711. The standard InChI is InChI=1S/C20H38N2O/c1-3-4-5-6-7-8-9-10-11-12-13-14-15-16-20-21-17-18-22(20)19(2)23/h10-11,17,19-20,23H,3-9,12-16,18H2,1-2H3/b11-10+. The summed E-state index contributed by atoms with van der Waals surface area (Å²) in [4.78, 5) is 6.52. The van der Waals surface area contributed by atoms with E-state index < -0.39 is 0 Å². The van der Waals surface area contributed by atoms with Crippen molar-refractivity contribution in [2.75, 3.05) is 6.54 Å². The maximum atomic E-state index is 9.66. The first-order valence-electron chi connectivity index (χ1n) is 9.86. The highest BCUT2D eigenvalue weighted by Crippen LogP contribution is 2.17. The first-order chi connectivity index (χ1) is 11.3. The summed E-state index contributed by atoms with van der Waals surface area (Å²) in [6, 6.07) is 0. The van der Waals surface area contributed by atoms with Gasteiger partial charge in [0.15, 0.2) is 0 Å². The maximum Gasteiger partial charge on any atom is 0.106 e. The van der Waals surface area contributed by atoms with E-state index in [9.17, 15) is 5.11 Å². The summed E-state index contributed by atoms with van der Waals surface area (Å²) >= 11 is 0. The Morgan fingerprint density at radius 1 is 1.04 bits per heavy atom. The van der Waals surface area contributed by atoms with Crippen molar-refractivity contribution in [1.29, 1.82) is 0 Å². The molecule has 3 heteroatoms. The molecule has 0 aromatic heterocycles. The van der Waals surface area contributed by atoms with Crippen molar-refractivity contribution in [3.63, 3.8) is 0 Å². The number of aliphatic hydroxyl groups is 1. The Bertz CT molecular complexity index is 326. The number of allylic oxidation sites excluding steroid dienone is 2. The minimum absolute atomic E-state index is 0.207. The van der Waals surface area contributed by atoms with E-state index in [1.807, 2.05) is 13.1 Å². The third-order valence-electron chi connectivity index (χ3n) is 4.66. The number of hydrogen-bond acceptors (Lipinski definition) is 3. The normalized spacial score (nSPS) is 19.9. The van der Waals surface area contributed by atoms with E-state index in [0.29, 0.717) is 0 Å². The molecule has 1 aliphatic heterocycles. The maximum absolute atomic E-state index is 9.66. The van der Waals surface area contributed by atoms with Crippen LogP contribution < -0.4 is 0 Å². The molecule has 1 heterocycles. The lowest BCUT2D eigenvalue weighted by Gasteiger charge is -2.25. The fraction of sp³-hybridized carbons (Fsp3) is 0.850. The Balaban J connectivity index is 1.88. The van der Waals surface area contributed by atoms with Crippen molar-refractivity contribution < 1.29 is 5.11 Å². The van der Waals surface area contributed by atoms with E-state index in [1.54, 1.807) is 0 Å². The topological polar surface area (TPSA) is 35.8 Å². The molecule has 0 spiro atoms. The van der Waals surface area contributed by atoms with Crippen LogP contribution in [0.4, 0.5) is 0 Å². The number of nitrogens with zero attached hydrogens (tertiary/aromatic N) is 2. The van der Waals surface area contributed by atoms with Gasteiger partial charge in [-0.2, -0.15) is 0 Å². The van der Waals surface area contributed by atoms with Crippen LogP contribution in [0, 0.1) is 0 Å². The molecule has 3 nitrogen and oxygen atoms in total. The van der Waals surface area contributed by atoms with Gasteiger partial charge < -0.3 is 5.11 Å². The van der Waals surface area contributed by atoms with Gasteiger partial charge in [-0.1, -0.05) is 57.6 Å². The molecule has 0 fully saturated rings. The van der Waals surface area contributed by atoms with E-state index in [4.69, 9.17) is 0 Å². The van der Waals surface area contributed by atoms with Crippen molar-refractivity contribution in [3.05, 3.63) is 12.2 Å². The Labute approximate surface area is 143 Å². The van der Waals surface area contributed by atoms with Crippen molar-refractivity contribution >= 4 is 6.21 Å². The molecule has 1 aliphatic rings. The first-order valence-corrected chi connectivity index (χ1v) is 9.86. The van der Waals surface area contributed by atoms with Gasteiger partial charge in [0.05, 0.1) is 0 Å². The zero-order chi connectivity index (χ0) is 16.8. The summed E-state index contributed by atoms with van der Waals surface area (Å²) in [5.41, 5.74) is 0. The van der Waals surface area contributed by atoms with E-state index in [0.717, 1.165) is 13.0 Å². The number of aliphatic imine (C=N–C) groups is 1. The third kappa shape index (κ3) is 9.93. The third-order valence-corrected chi connectivity index (χ3v) is 4.66. The van der Waals surface area contributed by atoms with Crippen LogP contribution in [-0.2, 0) is 0 Å². The predicted octanol–water partition coefficient (Wildman–Crippen LogP) is 5.29. The highest BCUT2D eigenvalue weighted by molar-refractivity contribution is 5.62. The zero-order valence-electron chi connectivity index (χ0n) is 15.4. The lowest BCUT2D eigenvalue weighted by Crippen LogP contribution is -2.37. The van der Waals surface area contributed by atoms with Gasteiger partial charge in [-0.05, 0) is 45.4 Å². The molecule has 0 amide bonds. The molecule has 0 radical (unpaired) electrons. The predicted molar refractivity (Wildman–Crippen MR) is 101 cm³/mol. The molecule has 1 rings (SSSR count). The quantitative estimate of drug-likeness (QED) is 0.348. The van der Waals surface area contributed by atoms with Crippen molar-refractivity contribution in [1.82, 2.24) is 4.90 Å². The average Bonchev–Trinajstić information content (AvgIpc) is 3.00. The summed E-state index contributed by atoms with van der Waals surface area (Å²) < 4.78 is 0. The highest BCUT2D eigenvalue weighted by Gasteiger charge is 2.23. The number of rotatable bonds is 14. The molecule has 0 saturated heterocycles. The van der Waals surface area contributed by atoms with Crippen LogP contribution in [0.5, 0.6) is 0 Å². The number of aliphatic hydroxyl groups excluding tert-OH is 1. The second-order valence-corrected chi connectivity index (χ2v) is 6.81. The largest absolute Gasteiger partial charge is 0.379 e. The molecule has 23 heavy (non-hydrogen) atoms. The van der Waals surface area contributed by atoms with Gasteiger partial charge in [0.2, 0.25) is 0 Å². The second kappa shape index (κ2) is 13.7. The first kappa shape index (κ1) is 20.4. The van der Waals surface area contributed by atoms with E-state index in [-0.39, 0.29) is 12.4 Å². The molecule has 134 valence electrons. The van der Waals surface area contributed by atoms with Crippen molar-refractivity contribution in [2.45, 2.75) is 103 Å². The van der Waals surface area contributed by atoms with Crippen LogP contribution in [0.3, 0.4) is 0 Å². The van der Waals surface area contributed by atoms with Crippen molar-refractivity contribution in [3.8, 4) is 0 Å². The van der Waals surface area contributed by atoms with Crippen molar-refractivity contribution in [2.24, 2.45) is 4.99 Å². The molecular formula is C20H38N2O. The molecule has 0 aliphatic carbocycles. The summed E-state index contributed by atoms with van der Waals surface area (Å²) in [6.07, 6.45) is 22.1. The Kier molecular flexibility index (Phi) is 12.2. The fourth-order valence-electron chi connectivity index (χ4n) is 3.16. The summed E-state index contributed by atoms with van der Waals surface area (Å²) in [6.45, 7) is 4.90. The fourth-order valence-corrected chi connectivity index (χ4v) is 3.16. The number of unbranched alkanes of at least 4 members (excludes halogenated alkanes) is 9. The van der Waals surface area contributed by atoms with Gasteiger partial charge in [-0.3, -0.25) is 9.89 Å². The minimum Gasteiger partial charge on any atom is -0.379 e. The zero-order valence-corrected chi connectivity index (χ0v) is 15.4. The second-order valence-electron chi connectivity index (χ2n) is 6.81. The average molecular weight is 323 g/mol. The van der Waals surface area contributed by atoms with E-state index in [2.05, 4.69) is 29.0 Å². The molecule has 0 saturated carbocycles. The molecule has 1 N–H and O–H groups in total. The van der Waals surface area contributed by atoms with Gasteiger partial charge in [0.25, 0.3) is 0 Å². The van der Waals surface area contributed by atoms with Crippen LogP contribution in [0.25, 0.3) is 0 Å². The Hall–Kier alpha value is -0.670. The van der Waals surface area contributed by atoms with Gasteiger partial charge >= 0.3 is 0 Å². The lowest BCUT2D eigenvalue weighted by atomic mass is 10.1. The molecule has 0 bridgehead atoms. The SMILES string of the molecule is CCCCCCCC/C=C/CCCCCC1N=CCN1C(C)O. The van der Waals surface area contributed by atoms with Crippen LogP contribution in [0.15, 0.2) is 17.1 Å². The smallest absolute Gasteiger partial charge is 0.106 e. The van der Waals surface area contributed by atoms with Gasteiger partial charge in [-0.15, -0.1) is 0 Å². The van der Waals surface area contributed by atoms with Crippen LogP contribution >= 0.6 is 0 Å². The molecule has 0 aromatic carbocycles. The summed E-state index contributed by atoms with van der Waals surface area (Å²) in [5.74, 6) is 0. The Morgan fingerprint density at radius 3 is 2.30 bits per heavy atom. The Morgan fingerprint density at radius 2 is 1.65 bits per heavy atom. The summed E-state index contributed by atoms with van der Waals surface area (Å²) in [5, 5.41) is 9.66. The minimum atomic E-state index is -0.382. The summed E-state index contributed by atoms with van der Waals surface area (Å²) in [7, 11) is 0. The number of hydrogen-bond donors (Lipinski definition) is 1. The van der Waals surface area contributed by atoms with E-state index >= 15 is 0 Å². The monoisotopic (exact) mass is 322 g/mol. The van der Waals surface area contributed by atoms with Gasteiger partial charge in [-0.25, -0.2) is 0 Å². The van der Waals surface area contributed by atoms with E-state index in [1.165, 1.54) is 70.6 Å². The van der Waals surface area contributed by atoms with Gasteiger partial charge in [0, 0.05) is 12.8 Å². The molecule has 0 aromatic rings. The van der Waals surface area contributed by atoms with Crippen LogP contribution in [0.1, 0.15) is 90.9 Å². The molecule has 2 unspecified atom stereocenters. The van der Waals surface area contributed by atoms with Crippen LogP contribution in [-0.4, -0.2) is 35.2 Å². The molecule has 2 atom stereocenters. The van der Waals surface area contributed by atoms with Gasteiger partial charge in [0.1, 0.15) is 12.4 Å².